The molecule has 0 amide bonds. The summed E-state index contributed by atoms with van der Waals surface area (Å²) in [5.74, 6) is 0. The molecule has 0 aromatic carbocycles. The summed E-state index contributed by atoms with van der Waals surface area (Å²) in [4.78, 5) is 0. The Balaban J connectivity index is 0.00000261. The molecule has 152 valence electrons. The van der Waals surface area contributed by atoms with Gasteiger partial charge in [-0.15, -0.1) is 0 Å². The zero-order valence-electron chi connectivity index (χ0n) is 14.1. The average Bonchev–Trinajstić information content (AvgIpc) is 2.84. The Morgan fingerprint density at radius 1 is 1.04 bits per heavy atom. The number of aliphatic hydroxyl groups excluding tert-OH is 5. The monoisotopic (exact) mass is 426 g/mol. The second-order valence-electron chi connectivity index (χ2n) is 6.13. The molecule has 0 aromatic heterocycles. The molecule has 0 saturated carbocycles. The van der Waals surface area contributed by atoms with E-state index in [0.717, 1.165) is 0 Å². The van der Waals surface area contributed by atoms with Gasteiger partial charge in [0.1, 0.15) is 48.8 Å². The van der Waals surface area contributed by atoms with Crippen LogP contribution in [0.1, 0.15) is 0 Å². The van der Waals surface area contributed by atoms with E-state index >= 15 is 0 Å². The fourth-order valence-electron chi connectivity index (χ4n) is 3.17. The second kappa shape index (κ2) is 9.11. The topological polar surface area (TPSA) is 204 Å². The van der Waals surface area contributed by atoms with Crippen LogP contribution in [-0.4, -0.2) is 113 Å². The van der Waals surface area contributed by atoms with E-state index in [1.807, 2.05) is 0 Å². The Morgan fingerprint density at radius 2 is 1.70 bits per heavy atom. The molecule has 3 rings (SSSR count). The number of hydrogen-bond acceptors (Lipinski definition) is 13. The summed E-state index contributed by atoms with van der Waals surface area (Å²) in [6, 6.07) is 0. The minimum absolute atomic E-state index is 0. The van der Waals surface area contributed by atoms with Gasteiger partial charge in [0.05, 0.1) is 13.2 Å². The van der Waals surface area contributed by atoms with Crippen molar-refractivity contribution >= 4 is 10.4 Å². The minimum Gasteiger partial charge on any atom is -0.726 e. The van der Waals surface area contributed by atoms with Crippen molar-refractivity contribution in [3.05, 3.63) is 0 Å². The number of fused-ring (bicyclic) bond motifs is 2. The van der Waals surface area contributed by atoms with Crippen LogP contribution in [0.4, 0.5) is 0 Å². The van der Waals surface area contributed by atoms with Crippen molar-refractivity contribution in [2.75, 3.05) is 13.2 Å². The second-order valence-corrected chi connectivity index (χ2v) is 7.14. The van der Waals surface area contributed by atoms with Crippen LogP contribution in [0.5, 0.6) is 0 Å². The summed E-state index contributed by atoms with van der Waals surface area (Å²) in [7, 11) is -5.07. The zero-order chi connectivity index (χ0) is 19.2. The summed E-state index contributed by atoms with van der Waals surface area (Å²) in [5, 5.41) is 49.0. The van der Waals surface area contributed by atoms with Crippen LogP contribution in [-0.2, 0) is 33.5 Å². The molecule has 27 heavy (non-hydrogen) atoms. The maximum Gasteiger partial charge on any atom is 1.00 e. The number of hydrogen-bond donors (Lipinski definition) is 5. The molecule has 0 aliphatic carbocycles. The summed E-state index contributed by atoms with van der Waals surface area (Å²) in [5.41, 5.74) is 0. The van der Waals surface area contributed by atoms with Gasteiger partial charge in [0.25, 0.3) is 0 Å². The molecular weight excluding hydrogens is 407 g/mol. The van der Waals surface area contributed by atoms with Gasteiger partial charge >= 0.3 is 29.6 Å². The van der Waals surface area contributed by atoms with Crippen molar-refractivity contribution in [1.29, 1.82) is 0 Å². The largest absolute Gasteiger partial charge is 1.00 e. The van der Waals surface area contributed by atoms with Crippen LogP contribution in [0.2, 0.25) is 0 Å². The molecule has 5 N–H and O–H groups in total. The van der Waals surface area contributed by atoms with Gasteiger partial charge in [-0.25, -0.2) is 8.42 Å². The molecule has 3 aliphatic rings. The Morgan fingerprint density at radius 3 is 2.30 bits per heavy atom. The summed E-state index contributed by atoms with van der Waals surface area (Å²) in [6.45, 7) is -0.868. The van der Waals surface area contributed by atoms with Crippen LogP contribution in [0.3, 0.4) is 0 Å². The SMILES string of the molecule is O=S(=O)([O-])OC1C2COC1C(O)C(OC1C(O)C(O)OC(CO)C1O)O2.[Na+]. The van der Waals surface area contributed by atoms with E-state index in [0.29, 0.717) is 0 Å². The molecule has 3 aliphatic heterocycles. The van der Waals surface area contributed by atoms with E-state index in [9.17, 15) is 33.4 Å². The normalized spacial score (nSPS) is 47.5. The van der Waals surface area contributed by atoms with Crippen LogP contribution in [0, 0.1) is 0 Å². The van der Waals surface area contributed by atoms with Gasteiger partial charge in [0.2, 0.25) is 10.4 Å². The van der Waals surface area contributed by atoms with Crippen molar-refractivity contribution in [3.8, 4) is 0 Å². The molecule has 3 saturated heterocycles. The first-order valence-electron chi connectivity index (χ1n) is 7.67. The van der Waals surface area contributed by atoms with Gasteiger partial charge in [-0.05, 0) is 0 Å². The van der Waals surface area contributed by atoms with E-state index < -0.39 is 78.4 Å². The van der Waals surface area contributed by atoms with Gasteiger partial charge < -0.3 is 49.0 Å². The third-order valence-electron chi connectivity index (χ3n) is 4.43. The Kier molecular flexibility index (Phi) is 8.03. The fraction of sp³-hybridized carbons (Fsp3) is 1.00. The average molecular weight is 426 g/mol. The molecule has 3 heterocycles. The first-order chi connectivity index (χ1) is 12.1. The third-order valence-corrected chi connectivity index (χ3v) is 4.89. The molecule has 10 atom stereocenters. The van der Waals surface area contributed by atoms with E-state index in [-0.39, 0.29) is 36.2 Å². The number of rotatable bonds is 5. The quantitative estimate of drug-likeness (QED) is 0.158. The van der Waals surface area contributed by atoms with Crippen LogP contribution < -0.4 is 29.6 Å². The number of ether oxygens (including phenoxy) is 4. The number of aliphatic hydroxyl groups is 5. The van der Waals surface area contributed by atoms with Gasteiger partial charge in [-0.3, -0.25) is 4.18 Å². The Hall–Kier alpha value is 0.510. The van der Waals surface area contributed by atoms with Crippen molar-refractivity contribution in [1.82, 2.24) is 0 Å². The van der Waals surface area contributed by atoms with E-state index in [4.69, 9.17) is 24.1 Å². The summed E-state index contributed by atoms with van der Waals surface area (Å²) >= 11 is 0. The van der Waals surface area contributed by atoms with Crippen molar-refractivity contribution in [2.24, 2.45) is 0 Å². The zero-order valence-corrected chi connectivity index (χ0v) is 16.9. The molecule has 0 spiro atoms. The van der Waals surface area contributed by atoms with Gasteiger partial charge in [0, 0.05) is 0 Å². The van der Waals surface area contributed by atoms with E-state index in [2.05, 4.69) is 4.18 Å². The minimum atomic E-state index is -5.07. The maximum atomic E-state index is 10.8. The smallest absolute Gasteiger partial charge is 0.726 e. The molecule has 13 nitrogen and oxygen atoms in total. The van der Waals surface area contributed by atoms with Gasteiger partial charge in [-0.2, -0.15) is 0 Å². The predicted octanol–water partition coefficient (Wildman–Crippen LogP) is -7.86. The fourth-order valence-corrected chi connectivity index (χ4v) is 3.68. The predicted molar refractivity (Wildman–Crippen MR) is 73.8 cm³/mol. The van der Waals surface area contributed by atoms with Gasteiger partial charge in [-0.1, -0.05) is 0 Å². The van der Waals surface area contributed by atoms with Crippen molar-refractivity contribution < 1.29 is 91.2 Å². The van der Waals surface area contributed by atoms with Crippen LogP contribution in [0.25, 0.3) is 0 Å². The van der Waals surface area contributed by atoms with Crippen molar-refractivity contribution in [3.63, 3.8) is 0 Å². The Bertz CT molecular complexity index is 604. The molecular formula is C12H19NaO13S. The molecule has 0 radical (unpaired) electrons. The van der Waals surface area contributed by atoms with Gasteiger partial charge in [0.15, 0.2) is 12.6 Å². The summed E-state index contributed by atoms with van der Waals surface area (Å²) in [6.07, 6.45) is -14.7. The molecule has 10 unspecified atom stereocenters. The molecule has 15 heteroatoms. The van der Waals surface area contributed by atoms with Crippen LogP contribution >= 0.6 is 0 Å². The first-order valence-corrected chi connectivity index (χ1v) is 9.01. The molecule has 0 aromatic rings. The summed E-state index contributed by atoms with van der Waals surface area (Å²) < 4.78 is 57.3. The Labute approximate surface area is 176 Å². The maximum absolute atomic E-state index is 10.8. The van der Waals surface area contributed by atoms with Crippen molar-refractivity contribution in [2.45, 2.75) is 61.4 Å². The molecule has 2 bridgehead atoms. The first kappa shape index (κ1) is 23.8. The standard InChI is InChI=1S/C12H20O13S.Na/c13-1-3-5(14)9(6(15)11(17)22-3)24-12-7(16)10-8(25-26(18,19)20)4(23-12)2-21-10;/h3-17H,1-2H2,(H,18,19,20);/q;+1/p-1. The van der Waals surface area contributed by atoms with Crippen LogP contribution in [0.15, 0.2) is 0 Å². The van der Waals surface area contributed by atoms with E-state index in [1.165, 1.54) is 0 Å². The molecule has 3 fully saturated rings. The van der Waals surface area contributed by atoms with E-state index in [1.54, 1.807) is 0 Å². The third kappa shape index (κ3) is 4.99.